The number of methoxy groups -OCH3 is 3. The predicted octanol–water partition coefficient (Wildman–Crippen LogP) is 2.43. The van der Waals surface area contributed by atoms with Gasteiger partial charge in [0.25, 0.3) is 5.56 Å². The monoisotopic (exact) mass is 422 g/mol. The number of pyridine rings is 1. The van der Waals surface area contributed by atoms with Gasteiger partial charge in [0.2, 0.25) is 5.75 Å². The molecule has 1 aromatic carbocycles. The van der Waals surface area contributed by atoms with Crippen LogP contribution < -0.4 is 25.1 Å². The summed E-state index contributed by atoms with van der Waals surface area (Å²) in [6.07, 6.45) is 4.67. The van der Waals surface area contributed by atoms with Gasteiger partial charge in [-0.2, -0.15) is 0 Å². The van der Waals surface area contributed by atoms with Gasteiger partial charge in [0.15, 0.2) is 11.5 Å². The lowest BCUT2D eigenvalue weighted by Gasteiger charge is -2.37. The van der Waals surface area contributed by atoms with Crippen LogP contribution in [-0.4, -0.2) is 48.5 Å². The Hall–Kier alpha value is -3.26. The Morgan fingerprint density at radius 3 is 2.55 bits per heavy atom. The van der Waals surface area contributed by atoms with Gasteiger partial charge >= 0.3 is 0 Å². The first kappa shape index (κ1) is 19.7. The van der Waals surface area contributed by atoms with Gasteiger partial charge in [0.1, 0.15) is 5.82 Å². The van der Waals surface area contributed by atoms with Crippen molar-refractivity contribution in [2.24, 2.45) is 5.92 Å². The van der Waals surface area contributed by atoms with Crippen LogP contribution in [0.3, 0.4) is 0 Å². The van der Waals surface area contributed by atoms with Crippen molar-refractivity contribution < 1.29 is 14.2 Å². The Balaban J connectivity index is 1.63. The summed E-state index contributed by atoms with van der Waals surface area (Å²) in [5.41, 5.74) is 2.47. The maximum Gasteiger partial charge on any atom is 0.261 e. The van der Waals surface area contributed by atoms with Crippen LogP contribution in [0.1, 0.15) is 18.0 Å². The Bertz CT molecular complexity index is 1160. The van der Waals surface area contributed by atoms with Gasteiger partial charge in [-0.3, -0.25) is 9.36 Å². The lowest BCUT2D eigenvalue weighted by atomic mass is 9.84. The maximum absolute atomic E-state index is 13.5. The third-order valence-electron chi connectivity index (χ3n) is 6.32. The number of hydrogen-bond acceptors (Lipinski definition) is 6. The molecule has 1 fully saturated rings. The molecule has 0 radical (unpaired) electrons. The van der Waals surface area contributed by atoms with Crippen LogP contribution in [-0.2, 0) is 6.54 Å². The minimum atomic E-state index is 0.00833. The van der Waals surface area contributed by atoms with Crippen molar-refractivity contribution in [3.63, 3.8) is 0 Å². The number of imidazole rings is 1. The Kier molecular flexibility index (Phi) is 4.94. The van der Waals surface area contributed by atoms with E-state index >= 15 is 0 Å². The van der Waals surface area contributed by atoms with E-state index in [9.17, 15) is 4.79 Å². The van der Waals surface area contributed by atoms with Crippen LogP contribution in [0.25, 0.3) is 17.1 Å². The summed E-state index contributed by atoms with van der Waals surface area (Å²) in [4.78, 5) is 18.0. The lowest BCUT2D eigenvalue weighted by Crippen LogP contribution is -2.45. The van der Waals surface area contributed by atoms with E-state index in [0.717, 1.165) is 37.4 Å². The molecule has 3 aromatic rings. The van der Waals surface area contributed by atoms with Crippen molar-refractivity contribution in [2.45, 2.75) is 18.9 Å². The van der Waals surface area contributed by atoms with Crippen molar-refractivity contribution in [3.05, 3.63) is 52.7 Å². The molecule has 0 spiro atoms. The van der Waals surface area contributed by atoms with Crippen molar-refractivity contribution >= 4 is 0 Å². The smallest absolute Gasteiger partial charge is 0.261 e. The number of fused-ring (bicyclic) bond motifs is 4. The third-order valence-corrected chi connectivity index (χ3v) is 6.32. The zero-order valence-electron chi connectivity index (χ0n) is 17.9. The molecule has 2 aromatic heterocycles. The average Bonchev–Trinajstić information content (AvgIpc) is 3.28. The summed E-state index contributed by atoms with van der Waals surface area (Å²) >= 11 is 0. The first-order valence-corrected chi connectivity index (χ1v) is 10.4. The van der Waals surface area contributed by atoms with E-state index in [0.29, 0.717) is 40.5 Å². The highest BCUT2D eigenvalue weighted by Gasteiger charge is 2.31. The fourth-order valence-electron chi connectivity index (χ4n) is 4.88. The summed E-state index contributed by atoms with van der Waals surface area (Å²) in [6, 6.07) is 7.68. The summed E-state index contributed by atoms with van der Waals surface area (Å²) in [6.45, 7) is 2.64. The largest absolute Gasteiger partial charge is 0.493 e. The average molecular weight is 422 g/mol. The fourth-order valence-corrected chi connectivity index (χ4v) is 4.88. The fraction of sp³-hybridized carbons (Fsp3) is 0.391. The molecule has 0 amide bonds. The molecule has 162 valence electrons. The van der Waals surface area contributed by atoms with Crippen LogP contribution in [0.5, 0.6) is 17.2 Å². The minimum Gasteiger partial charge on any atom is -0.493 e. The van der Waals surface area contributed by atoms with E-state index in [1.807, 2.05) is 33.5 Å². The first-order valence-electron chi connectivity index (χ1n) is 10.4. The van der Waals surface area contributed by atoms with E-state index in [4.69, 9.17) is 14.2 Å². The summed E-state index contributed by atoms with van der Waals surface area (Å²) in [5.74, 6) is 3.07. The number of aromatic nitrogens is 3. The van der Waals surface area contributed by atoms with E-state index in [1.165, 1.54) is 0 Å². The molecule has 8 nitrogen and oxygen atoms in total. The van der Waals surface area contributed by atoms with Gasteiger partial charge in [-0.1, -0.05) is 0 Å². The molecular formula is C23H26N4O4. The summed E-state index contributed by atoms with van der Waals surface area (Å²) < 4.78 is 20.2. The van der Waals surface area contributed by atoms with E-state index in [1.54, 1.807) is 27.5 Å². The van der Waals surface area contributed by atoms with Gasteiger partial charge in [-0.05, 0) is 31.0 Å². The van der Waals surface area contributed by atoms with Crippen molar-refractivity contribution in [2.75, 3.05) is 34.4 Å². The molecule has 5 rings (SSSR count). The van der Waals surface area contributed by atoms with E-state index in [2.05, 4.69) is 16.4 Å². The zero-order chi connectivity index (χ0) is 21.5. The van der Waals surface area contributed by atoms with Crippen molar-refractivity contribution in [1.82, 2.24) is 19.4 Å². The molecule has 2 aliphatic heterocycles. The quantitative estimate of drug-likeness (QED) is 0.680. The molecule has 2 atom stereocenters. The highest BCUT2D eigenvalue weighted by molar-refractivity contribution is 5.63. The Morgan fingerprint density at radius 1 is 1.06 bits per heavy atom. The molecule has 1 saturated heterocycles. The van der Waals surface area contributed by atoms with E-state index < -0.39 is 0 Å². The molecular weight excluding hydrogens is 396 g/mol. The SMILES string of the molecule is COc1cc(-n2ccnc2-c2ccc3n(c2=O)C[C@@H]2CNC[C@H]3C2)cc(OC)c1OC. The second-order valence-corrected chi connectivity index (χ2v) is 8.05. The summed E-state index contributed by atoms with van der Waals surface area (Å²) in [5, 5.41) is 3.49. The molecule has 1 N–H and O–H groups in total. The molecule has 2 aliphatic rings. The summed E-state index contributed by atoms with van der Waals surface area (Å²) in [7, 11) is 4.73. The van der Waals surface area contributed by atoms with Gasteiger partial charge in [0, 0.05) is 49.2 Å². The van der Waals surface area contributed by atoms with Crippen LogP contribution >= 0.6 is 0 Å². The Labute approximate surface area is 180 Å². The molecule has 8 heteroatoms. The number of rotatable bonds is 5. The second-order valence-electron chi connectivity index (χ2n) is 8.05. The maximum atomic E-state index is 13.5. The zero-order valence-corrected chi connectivity index (χ0v) is 17.9. The molecule has 4 heterocycles. The molecule has 31 heavy (non-hydrogen) atoms. The second kappa shape index (κ2) is 7.77. The van der Waals surface area contributed by atoms with Crippen LogP contribution in [0, 0.1) is 5.92 Å². The standard InChI is InChI=1S/C23H26N4O4/c1-29-19-9-16(10-20(30-2)21(19)31-3)26-7-6-25-22(26)17-4-5-18-15-8-14(11-24-12-15)13-27(18)23(17)28/h4-7,9-10,14-15,24H,8,11-13H2,1-3H3/t14-,15+/m0/s1. The normalized spacial score (nSPS) is 19.6. The third kappa shape index (κ3) is 3.18. The van der Waals surface area contributed by atoms with Crippen LogP contribution in [0.15, 0.2) is 41.5 Å². The van der Waals surface area contributed by atoms with Gasteiger partial charge in [-0.15, -0.1) is 0 Å². The van der Waals surface area contributed by atoms with Gasteiger partial charge < -0.3 is 24.1 Å². The number of ether oxygens (including phenoxy) is 3. The number of benzene rings is 1. The predicted molar refractivity (Wildman–Crippen MR) is 117 cm³/mol. The molecule has 0 aliphatic carbocycles. The molecule has 0 unspecified atom stereocenters. The highest BCUT2D eigenvalue weighted by atomic mass is 16.5. The van der Waals surface area contributed by atoms with E-state index in [-0.39, 0.29) is 5.56 Å². The van der Waals surface area contributed by atoms with Gasteiger partial charge in [-0.25, -0.2) is 4.98 Å². The lowest BCUT2D eigenvalue weighted by molar-refractivity contribution is 0.257. The molecule has 0 saturated carbocycles. The van der Waals surface area contributed by atoms with Crippen LogP contribution in [0.4, 0.5) is 0 Å². The van der Waals surface area contributed by atoms with Crippen molar-refractivity contribution in [1.29, 1.82) is 0 Å². The number of nitrogens with zero attached hydrogens (tertiary/aromatic N) is 3. The van der Waals surface area contributed by atoms with Crippen molar-refractivity contribution in [3.8, 4) is 34.3 Å². The highest BCUT2D eigenvalue weighted by Crippen LogP contribution is 2.40. The number of piperidine rings is 1. The van der Waals surface area contributed by atoms with Crippen LogP contribution in [0.2, 0.25) is 0 Å². The number of nitrogens with one attached hydrogen (secondary N) is 1. The minimum absolute atomic E-state index is 0.00833. The van der Waals surface area contributed by atoms with Gasteiger partial charge in [0.05, 0.1) is 32.6 Å². The Morgan fingerprint density at radius 2 is 1.84 bits per heavy atom. The topological polar surface area (TPSA) is 79.5 Å². The first-order chi connectivity index (χ1) is 15.1. The molecule has 2 bridgehead atoms. The number of hydrogen-bond donors (Lipinski definition) is 1.